The van der Waals surface area contributed by atoms with Crippen LogP contribution in [0.3, 0.4) is 0 Å². The van der Waals surface area contributed by atoms with Gasteiger partial charge in [0.05, 0.1) is 6.10 Å². The van der Waals surface area contributed by atoms with Crippen LogP contribution in [0.15, 0.2) is 42.6 Å². The first-order chi connectivity index (χ1) is 11.7. The van der Waals surface area contributed by atoms with Gasteiger partial charge in [-0.3, -0.25) is 9.69 Å². The first-order valence-corrected chi connectivity index (χ1v) is 8.66. The Bertz CT molecular complexity index is 705. The van der Waals surface area contributed by atoms with Crippen LogP contribution >= 0.6 is 0 Å². The van der Waals surface area contributed by atoms with Crippen LogP contribution < -0.4 is 5.32 Å². The van der Waals surface area contributed by atoms with E-state index in [0.29, 0.717) is 5.69 Å². The number of aliphatic hydroxyl groups excluding tert-OH is 1. The first-order valence-electron chi connectivity index (χ1n) is 8.66. The number of carbonyl (C=O) groups excluding carboxylic acids is 1. The molecule has 2 aromatic rings. The van der Waals surface area contributed by atoms with Gasteiger partial charge in [0.2, 0.25) is 0 Å². The smallest absolute Gasteiger partial charge is 0.267 e. The highest BCUT2D eigenvalue weighted by molar-refractivity contribution is 5.92. The third kappa shape index (κ3) is 2.85. The number of benzene rings is 1. The van der Waals surface area contributed by atoms with Crippen molar-refractivity contribution >= 4 is 5.91 Å². The average Bonchev–Trinajstić information content (AvgIpc) is 3.25. The monoisotopic (exact) mass is 325 g/mol. The van der Waals surface area contributed by atoms with E-state index in [2.05, 4.69) is 21.3 Å². The largest absolute Gasteiger partial charge is 0.387 e. The predicted molar refractivity (Wildman–Crippen MR) is 91.7 cm³/mol. The van der Waals surface area contributed by atoms with Gasteiger partial charge in [0.25, 0.3) is 5.91 Å². The molecule has 1 amide bonds. The van der Waals surface area contributed by atoms with E-state index in [0.717, 1.165) is 37.9 Å². The lowest BCUT2D eigenvalue weighted by molar-refractivity contribution is 0.0427. The molecular formula is C19H23N3O2. The van der Waals surface area contributed by atoms with Crippen LogP contribution in [-0.2, 0) is 6.42 Å². The second-order valence-electron chi connectivity index (χ2n) is 6.78. The number of fused-ring (bicyclic) bond motifs is 1. The molecule has 2 aliphatic rings. The fourth-order valence-electron chi connectivity index (χ4n) is 3.99. The summed E-state index contributed by atoms with van der Waals surface area (Å²) in [5, 5.41) is 13.7. The van der Waals surface area contributed by atoms with Crippen molar-refractivity contribution in [3.8, 4) is 0 Å². The summed E-state index contributed by atoms with van der Waals surface area (Å²) >= 11 is 0. The molecule has 3 N–H and O–H groups in total. The lowest BCUT2D eigenvalue weighted by Crippen LogP contribution is -2.49. The summed E-state index contributed by atoms with van der Waals surface area (Å²) in [6, 6.07) is 12.2. The van der Waals surface area contributed by atoms with Crippen molar-refractivity contribution in [3.05, 3.63) is 59.4 Å². The Morgan fingerprint density at radius 2 is 1.96 bits per heavy atom. The Morgan fingerprint density at radius 1 is 1.17 bits per heavy atom. The van der Waals surface area contributed by atoms with Gasteiger partial charge in [-0.1, -0.05) is 24.3 Å². The van der Waals surface area contributed by atoms with E-state index in [4.69, 9.17) is 0 Å². The number of hydrogen-bond acceptors (Lipinski definition) is 3. The molecule has 0 saturated carbocycles. The SMILES string of the molecule is O=C(NC1CCN([C@H]2Cc3ccccc3[C@H]2O)CC1)c1ccc[nH]1. The summed E-state index contributed by atoms with van der Waals surface area (Å²) in [5.74, 6) is -0.0354. The number of hydrogen-bond donors (Lipinski definition) is 3. The highest BCUT2D eigenvalue weighted by atomic mass is 16.3. The van der Waals surface area contributed by atoms with Crippen LogP contribution in [0.2, 0.25) is 0 Å². The van der Waals surface area contributed by atoms with Gasteiger partial charge >= 0.3 is 0 Å². The molecule has 2 atom stereocenters. The van der Waals surface area contributed by atoms with Crippen LogP contribution in [0.1, 0.15) is 40.6 Å². The van der Waals surface area contributed by atoms with Crippen molar-refractivity contribution in [3.63, 3.8) is 0 Å². The first kappa shape index (κ1) is 15.4. The molecule has 1 aromatic carbocycles. The minimum absolute atomic E-state index is 0.0354. The van der Waals surface area contributed by atoms with Crippen LogP contribution in [0.4, 0.5) is 0 Å². The summed E-state index contributed by atoms with van der Waals surface area (Å²) < 4.78 is 0. The maximum Gasteiger partial charge on any atom is 0.267 e. The zero-order valence-electron chi connectivity index (χ0n) is 13.6. The molecule has 5 heteroatoms. The maximum absolute atomic E-state index is 12.1. The van der Waals surface area contributed by atoms with Crippen molar-refractivity contribution in [1.82, 2.24) is 15.2 Å². The molecule has 0 bridgehead atoms. The van der Waals surface area contributed by atoms with E-state index in [1.54, 1.807) is 12.3 Å². The number of carbonyl (C=O) groups is 1. The topological polar surface area (TPSA) is 68.4 Å². The van der Waals surface area contributed by atoms with Crippen LogP contribution in [0, 0.1) is 0 Å². The van der Waals surface area contributed by atoms with E-state index >= 15 is 0 Å². The quantitative estimate of drug-likeness (QED) is 0.807. The number of aromatic nitrogens is 1. The van der Waals surface area contributed by atoms with Gasteiger partial charge in [-0.25, -0.2) is 0 Å². The summed E-state index contributed by atoms with van der Waals surface area (Å²) in [5.41, 5.74) is 2.95. The molecular weight excluding hydrogens is 302 g/mol. The number of aliphatic hydroxyl groups is 1. The average molecular weight is 325 g/mol. The minimum atomic E-state index is -0.397. The van der Waals surface area contributed by atoms with E-state index in [1.807, 2.05) is 24.3 Å². The molecule has 24 heavy (non-hydrogen) atoms. The van der Waals surface area contributed by atoms with Gasteiger partial charge in [0, 0.05) is 31.4 Å². The van der Waals surface area contributed by atoms with Crippen molar-refractivity contribution in [1.29, 1.82) is 0 Å². The Morgan fingerprint density at radius 3 is 2.67 bits per heavy atom. The van der Waals surface area contributed by atoms with Crippen LogP contribution in [0.5, 0.6) is 0 Å². The van der Waals surface area contributed by atoms with E-state index in [9.17, 15) is 9.90 Å². The number of rotatable bonds is 3. The molecule has 0 spiro atoms. The number of nitrogens with zero attached hydrogens (tertiary/aromatic N) is 1. The van der Waals surface area contributed by atoms with E-state index < -0.39 is 6.10 Å². The van der Waals surface area contributed by atoms with E-state index in [-0.39, 0.29) is 18.0 Å². The van der Waals surface area contributed by atoms with Gasteiger partial charge < -0.3 is 15.4 Å². The fourth-order valence-corrected chi connectivity index (χ4v) is 3.99. The molecule has 126 valence electrons. The summed E-state index contributed by atoms with van der Waals surface area (Å²) in [6.07, 6.45) is 4.12. The van der Waals surface area contributed by atoms with Crippen molar-refractivity contribution in [2.45, 2.75) is 37.5 Å². The molecule has 1 fully saturated rings. The third-order valence-electron chi connectivity index (χ3n) is 5.34. The summed E-state index contributed by atoms with van der Waals surface area (Å²) in [6.45, 7) is 1.82. The second kappa shape index (κ2) is 6.42. The Labute approximate surface area is 141 Å². The van der Waals surface area contributed by atoms with Gasteiger partial charge in [-0.2, -0.15) is 0 Å². The third-order valence-corrected chi connectivity index (χ3v) is 5.34. The molecule has 0 unspecified atom stereocenters. The van der Waals surface area contributed by atoms with Gasteiger partial charge in [0.15, 0.2) is 0 Å². The van der Waals surface area contributed by atoms with Gasteiger partial charge in [-0.15, -0.1) is 0 Å². The second-order valence-corrected chi connectivity index (χ2v) is 6.78. The zero-order valence-corrected chi connectivity index (χ0v) is 13.6. The number of amides is 1. The standard InChI is InChI=1S/C19H23N3O2/c23-18-15-5-2-1-4-13(15)12-17(18)22-10-7-14(8-11-22)21-19(24)16-6-3-9-20-16/h1-6,9,14,17-18,20,23H,7-8,10-12H2,(H,21,24)/t17-,18+/m0/s1. The number of likely N-dealkylation sites (tertiary alicyclic amines) is 1. The van der Waals surface area contributed by atoms with E-state index in [1.165, 1.54) is 5.56 Å². The van der Waals surface area contributed by atoms with Crippen LogP contribution in [0.25, 0.3) is 0 Å². The van der Waals surface area contributed by atoms with Crippen molar-refractivity contribution in [2.24, 2.45) is 0 Å². The maximum atomic E-state index is 12.1. The number of H-pyrrole nitrogens is 1. The number of piperidine rings is 1. The minimum Gasteiger partial charge on any atom is -0.387 e. The molecule has 4 rings (SSSR count). The highest BCUT2D eigenvalue weighted by Gasteiger charge is 2.36. The molecule has 0 radical (unpaired) electrons. The Kier molecular flexibility index (Phi) is 4.12. The lowest BCUT2D eigenvalue weighted by Gasteiger charge is -2.37. The molecule has 1 aliphatic heterocycles. The normalized spacial score (nSPS) is 24.7. The molecule has 1 saturated heterocycles. The van der Waals surface area contributed by atoms with Crippen LogP contribution in [-0.4, -0.2) is 46.1 Å². The van der Waals surface area contributed by atoms with Gasteiger partial charge in [0.1, 0.15) is 5.69 Å². The fraction of sp³-hybridized carbons (Fsp3) is 0.421. The summed E-state index contributed by atoms with van der Waals surface area (Å²) in [7, 11) is 0. The zero-order chi connectivity index (χ0) is 16.5. The molecule has 2 heterocycles. The van der Waals surface area contributed by atoms with Crippen molar-refractivity contribution in [2.75, 3.05) is 13.1 Å². The van der Waals surface area contributed by atoms with Gasteiger partial charge in [-0.05, 0) is 42.5 Å². The lowest BCUT2D eigenvalue weighted by atomic mass is 10.0. The molecule has 1 aliphatic carbocycles. The van der Waals surface area contributed by atoms with Crippen molar-refractivity contribution < 1.29 is 9.90 Å². The Hall–Kier alpha value is -2.11. The molecule has 5 nitrogen and oxygen atoms in total. The molecule has 1 aromatic heterocycles. The predicted octanol–water partition coefficient (Wildman–Crippen LogP) is 1.87. The summed E-state index contributed by atoms with van der Waals surface area (Å²) in [4.78, 5) is 17.4. The highest BCUT2D eigenvalue weighted by Crippen LogP contribution is 2.35. The number of nitrogens with one attached hydrogen (secondary N) is 2. The number of aromatic amines is 1. The Balaban J connectivity index is 1.33.